The lowest BCUT2D eigenvalue weighted by Gasteiger charge is -2.04. The van der Waals surface area contributed by atoms with Crippen molar-refractivity contribution in [3.05, 3.63) is 29.8 Å². The molecule has 0 spiro atoms. The van der Waals surface area contributed by atoms with E-state index >= 15 is 0 Å². The first-order valence-electron chi connectivity index (χ1n) is 4.53. The summed E-state index contributed by atoms with van der Waals surface area (Å²) in [4.78, 5) is 0. The van der Waals surface area contributed by atoms with Gasteiger partial charge in [0, 0.05) is 0 Å². The highest BCUT2D eigenvalue weighted by atomic mass is 16.5. The molecule has 1 rings (SSSR count). The number of aliphatic hydroxyl groups excluding tert-OH is 1. The van der Waals surface area contributed by atoms with Crippen molar-refractivity contribution in [2.24, 2.45) is 0 Å². The standard InChI is InChI=1S/C12H14O2/c1-3-11(13)7-4-10-5-8-12(14-2)9-6-10/h1,5-6,8-9,11,13H,4,7H2,2H3. The Hall–Kier alpha value is -1.46. The fraction of sp³-hybridized carbons (Fsp3) is 0.333. The van der Waals surface area contributed by atoms with Crippen LogP contribution in [0.15, 0.2) is 24.3 Å². The summed E-state index contributed by atoms with van der Waals surface area (Å²) in [5, 5.41) is 9.16. The monoisotopic (exact) mass is 190 g/mol. The maximum absolute atomic E-state index is 9.16. The molecule has 0 radical (unpaired) electrons. The average Bonchev–Trinajstić information content (AvgIpc) is 2.26. The number of methoxy groups -OCH3 is 1. The topological polar surface area (TPSA) is 29.5 Å². The first kappa shape index (κ1) is 10.6. The van der Waals surface area contributed by atoms with Crippen LogP contribution >= 0.6 is 0 Å². The molecular weight excluding hydrogens is 176 g/mol. The second-order valence-electron chi connectivity index (χ2n) is 3.07. The predicted octanol–water partition coefficient (Wildman–Crippen LogP) is 1.62. The van der Waals surface area contributed by atoms with Crippen LogP contribution in [0.4, 0.5) is 0 Å². The van der Waals surface area contributed by atoms with Crippen LogP contribution in [0, 0.1) is 12.3 Å². The third kappa shape index (κ3) is 3.12. The third-order valence-electron chi connectivity index (χ3n) is 2.06. The van der Waals surface area contributed by atoms with Gasteiger partial charge < -0.3 is 9.84 Å². The van der Waals surface area contributed by atoms with Gasteiger partial charge in [-0.05, 0) is 30.5 Å². The van der Waals surface area contributed by atoms with Gasteiger partial charge in [-0.25, -0.2) is 0 Å². The zero-order chi connectivity index (χ0) is 10.4. The number of terminal acetylenes is 1. The molecule has 0 saturated carbocycles. The van der Waals surface area contributed by atoms with E-state index in [1.54, 1.807) is 7.11 Å². The fourth-order valence-electron chi connectivity index (χ4n) is 1.18. The Morgan fingerprint density at radius 3 is 2.57 bits per heavy atom. The Morgan fingerprint density at radius 2 is 2.07 bits per heavy atom. The van der Waals surface area contributed by atoms with E-state index in [2.05, 4.69) is 5.92 Å². The van der Waals surface area contributed by atoms with Crippen LogP contribution in [-0.4, -0.2) is 18.3 Å². The molecule has 0 saturated heterocycles. The van der Waals surface area contributed by atoms with Crippen molar-refractivity contribution < 1.29 is 9.84 Å². The molecule has 0 aliphatic carbocycles. The molecular formula is C12H14O2. The Bertz CT molecular complexity index is 308. The minimum atomic E-state index is -0.642. The van der Waals surface area contributed by atoms with E-state index in [4.69, 9.17) is 16.3 Å². The molecule has 0 aliphatic heterocycles. The molecule has 0 amide bonds. The normalized spacial score (nSPS) is 11.8. The molecule has 0 fully saturated rings. The first-order valence-corrected chi connectivity index (χ1v) is 4.53. The second-order valence-corrected chi connectivity index (χ2v) is 3.07. The Kier molecular flexibility index (Phi) is 4.03. The molecule has 14 heavy (non-hydrogen) atoms. The van der Waals surface area contributed by atoms with Crippen LogP contribution in [0.5, 0.6) is 5.75 Å². The molecule has 2 heteroatoms. The Balaban J connectivity index is 2.48. The summed E-state index contributed by atoms with van der Waals surface area (Å²) in [5.74, 6) is 3.13. The maximum atomic E-state index is 9.16. The van der Waals surface area contributed by atoms with Crippen LogP contribution in [0.1, 0.15) is 12.0 Å². The molecule has 0 bridgehead atoms. The van der Waals surface area contributed by atoms with E-state index in [1.165, 1.54) is 0 Å². The average molecular weight is 190 g/mol. The summed E-state index contributed by atoms with van der Waals surface area (Å²) < 4.78 is 5.03. The second kappa shape index (κ2) is 5.31. The molecule has 0 heterocycles. The van der Waals surface area contributed by atoms with Gasteiger partial charge in [-0.1, -0.05) is 18.1 Å². The molecule has 1 aromatic carbocycles. The van der Waals surface area contributed by atoms with Gasteiger partial charge in [0.25, 0.3) is 0 Å². The number of rotatable bonds is 4. The van der Waals surface area contributed by atoms with Gasteiger partial charge >= 0.3 is 0 Å². The largest absolute Gasteiger partial charge is 0.497 e. The Morgan fingerprint density at radius 1 is 1.43 bits per heavy atom. The van der Waals surface area contributed by atoms with Crippen molar-refractivity contribution in [1.29, 1.82) is 0 Å². The van der Waals surface area contributed by atoms with Gasteiger partial charge in [-0.3, -0.25) is 0 Å². The zero-order valence-electron chi connectivity index (χ0n) is 8.23. The summed E-state index contributed by atoms with van der Waals surface area (Å²) in [6, 6.07) is 7.75. The van der Waals surface area contributed by atoms with Crippen LogP contribution in [0.3, 0.4) is 0 Å². The number of aliphatic hydroxyl groups is 1. The van der Waals surface area contributed by atoms with Gasteiger partial charge in [0.2, 0.25) is 0 Å². The van der Waals surface area contributed by atoms with E-state index in [1.807, 2.05) is 24.3 Å². The molecule has 1 unspecified atom stereocenters. The van der Waals surface area contributed by atoms with Gasteiger partial charge in [0.1, 0.15) is 11.9 Å². The van der Waals surface area contributed by atoms with Gasteiger partial charge in [0.05, 0.1) is 7.11 Å². The molecule has 1 atom stereocenters. The van der Waals surface area contributed by atoms with Gasteiger partial charge in [-0.2, -0.15) is 0 Å². The molecule has 74 valence electrons. The van der Waals surface area contributed by atoms with Gasteiger partial charge in [-0.15, -0.1) is 6.42 Å². The highest BCUT2D eigenvalue weighted by Gasteiger charge is 2.00. The van der Waals surface area contributed by atoms with E-state index in [0.29, 0.717) is 6.42 Å². The zero-order valence-corrected chi connectivity index (χ0v) is 8.23. The summed E-state index contributed by atoms with van der Waals surface area (Å²) >= 11 is 0. The van der Waals surface area contributed by atoms with E-state index in [9.17, 15) is 0 Å². The van der Waals surface area contributed by atoms with Crippen LogP contribution in [0.25, 0.3) is 0 Å². The number of benzene rings is 1. The highest BCUT2D eigenvalue weighted by Crippen LogP contribution is 2.12. The maximum Gasteiger partial charge on any atom is 0.118 e. The van der Waals surface area contributed by atoms with E-state index in [0.717, 1.165) is 17.7 Å². The van der Waals surface area contributed by atoms with Crippen molar-refractivity contribution >= 4 is 0 Å². The van der Waals surface area contributed by atoms with Crippen LogP contribution < -0.4 is 4.74 Å². The van der Waals surface area contributed by atoms with Crippen LogP contribution in [0.2, 0.25) is 0 Å². The lowest BCUT2D eigenvalue weighted by atomic mass is 10.1. The van der Waals surface area contributed by atoms with Crippen molar-refractivity contribution in [3.8, 4) is 18.1 Å². The van der Waals surface area contributed by atoms with Crippen molar-refractivity contribution in [2.45, 2.75) is 18.9 Å². The Labute approximate surface area is 84.5 Å². The molecule has 1 aromatic rings. The first-order chi connectivity index (χ1) is 6.76. The van der Waals surface area contributed by atoms with Crippen molar-refractivity contribution in [3.63, 3.8) is 0 Å². The van der Waals surface area contributed by atoms with Gasteiger partial charge in [0.15, 0.2) is 0 Å². The van der Waals surface area contributed by atoms with Crippen molar-refractivity contribution in [2.75, 3.05) is 7.11 Å². The number of hydrogen-bond donors (Lipinski definition) is 1. The summed E-state index contributed by atoms with van der Waals surface area (Å²) in [6.07, 6.45) is 5.81. The summed E-state index contributed by atoms with van der Waals surface area (Å²) in [6.45, 7) is 0. The minimum Gasteiger partial charge on any atom is -0.497 e. The van der Waals surface area contributed by atoms with Crippen molar-refractivity contribution in [1.82, 2.24) is 0 Å². The molecule has 0 aliphatic rings. The minimum absolute atomic E-state index is 0.600. The molecule has 1 N–H and O–H groups in total. The third-order valence-corrected chi connectivity index (χ3v) is 2.06. The molecule has 0 aromatic heterocycles. The number of hydrogen-bond acceptors (Lipinski definition) is 2. The molecule has 2 nitrogen and oxygen atoms in total. The lowest BCUT2D eigenvalue weighted by molar-refractivity contribution is 0.222. The van der Waals surface area contributed by atoms with E-state index in [-0.39, 0.29) is 0 Å². The summed E-state index contributed by atoms with van der Waals surface area (Å²) in [5.41, 5.74) is 1.15. The van der Waals surface area contributed by atoms with E-state index < -0.39 is 6.10 Å². The SMILES string of the molecule is C#CC(O)CCc1ccc(OC)cc1. The number of aryl methyl sites for hydroxylation is 1. The smallest absolute Gasteiger partial charge is 0.118 e. The quantitative estimate of drug-likeness (QED) is 0.731. The highest BCUT2D eigenvalue weighted by molar-refractivity contribution is 5.27. The predicted molar refractivity (Wildman–Crippen MR) is 56.2 cm³/mol. The lowest BCUT2D eigenvalue weighted by Crippen LogP contribution is -2.03. The fourth-order valence-corrected chi connectivity index (χ4v) is 1.18. The van der Waals surface area contributed by atoms with Crippen LogP contribution in [-0.2, 0) is 6.42 Å². The number of ether oxygens (including phenoxy) is 1. The summed E-state index contributed by atoms with van der Waals surface area (Å²) in [7, 11) is 1.64.